The molecule has 0 atom stereocenters. The standard InChI is InChI=1S/C11H14BrNO/c1-3-4-5-6-14-11-7-9(2)10(12)8-13-11/h3,7-8H,1,4-6H2,2H3. The van der Waals surface area contributed by atoms with Crippen molar-refractivity contribution < 1.29 is 4.74 Å². The lowest BCUT2D eigenvalue weighted by molar-refractivity contribution is 0.300. The minimum atomic E-state index is 0.690. The van der Waals surface area contributed by atoms with Gasteiger partial charge < -0.3 is 4.74 Å². The van der Waals surface area contributed by atoms with E-state index in [9.17, 15) is 0 Å². The highest BCUT2D eigenvalue weighted by Gasteiger charge is 1.98. The molecule has 1 heterocycles. The average Bonchev–Trinajstić information content (AvgIpc) is 2.18. The van der Waals surface area contributed by atoms with E-state index in [0.29, 0.717) is 12.5 Å². The summed E-state index contributed by atoms with van der Waals surface area (Å²) in [6, 6.07) is 1.93. The number of hydrogen-bond donors (Lipinski definition) is 0. The molecule has 0 aliphatic carbocycles. The van der Waals surface area contributed by atoms with Crippen LogP contribution in [0.2, 0.25) is 0 Å². The largest absolute Gasteiger partial charge is 0.478 e. The number of unbranched alkanes of at least 4 members (excludes halogenated alkanes) is 1. The highest BCUT2D eigenvalue weighted by atomic mass is 79.9. The maximum absolute atomic E-state index is 5.46. The monoisotopic (exact) mass is 255 g/mol. The van der Waals surface area contributed by atoms with Crippen LogP contribution >= 0.6 is 15.9 Å². The predicted octanol–water partition coefficient (Wildman–Crippen LogP) is 3.50. The first-order valence-electron chi connectivity index (χ1n) is 4.60. The van der Waals surface area contributed by atoms with Gasteiger partial charge in [0.05, 0.1) is 6.61 Å². The van der Waals surface area contributed by atoms with Crippen molar-refractivity contribution >= 4 is 15.9 Å². The zero-order valence-corrected chi connectivity index (χ0v) is 9.88. The van der Waals surface area contributed by atoms with Crippen molar-refractivity contribution in [3.63, 3.8) is 0 Å². The maximum Gasteiger partial charge on any atom is 0.213 e. The summed E-state index contributed by atoms with van der Waals surface area (Å²) in [5.41, 5.74) is 1.14. The van der Waals surface area contributed by atoms with Crippen LogP contribution < -0.4 is 4.74 Å². The Morgan fingerprint density at radius 3 is 3.07 bits per heavy atom. The van der Waals surface area contributed by atoms with E-state index in [2.05, 4.69) is 27.5 Å². The molecule has 1 rings (SSSR count). The third kappa shape index (κ3) is 3.50. The van der Waals surface area contributed by atoms with Crippen LogP contribution in [0.15, 0.2) is 29.4 Å². The van der Waals surface area contributed by atoms with E-state index >= 15 is 0 Å². The second-order valence-electron chi connectivity index (χ2n) is 3.05. The third-order valence-electron chi connectivity index (χ3n) is 1.82. The summed E-state index contributed by atoms with van der Waals surface area (Å²) in [7, 11) is 0. The Morgan fingerprint density at radius 1 is 1.64 bits per heavy atom. The number of halogens is 1. The van der Waals surface area contributed by atoms with Crippen molar-refractivity contribution in [3.8, 4) is 5.88 Å². The molecular weight excluding hydrogens is 242 g/mol. The van der Waals surface area contributed by atoms with Crippen molar-refractivity contribution in [2.75, 3.05) is 6.61 Å². The molecule has 1 aromatic rings. The summed E-state index contributed by atoms with van der Waals surface area (Å²) in [5.74, 6) is 0.690. The van der Waals surface area contributed by atoms with Gasteiger partial charge in [-0.1, -0.05) is 6.08 Å². The van der Waals surface area contributed by atoms with E-state index in [1.165, 1.54) is 0 Å². The summed E-state index contributed by atoms with van der Waals surface area (Å²) in [4.78, 5) is 4.14. The highest BCUT2D eigenvalue weighted by molar-refractivity contribution is 9.10. The lowest BCUT2D eigenvalue weighted by atomic mass is 10.3. The number of pyridine rings is 1. The molecule has 0 fully saturated rings. The van der Waals surface area contributed by atoms with Gasteiger partial charge in [0.2, 0.25) is 5.88 Å². The van der Waals surface area contributed by atoms with Gasteiger partial charge in [-0.2, -0.15) is 0 Å². The molecule has 0 N–H and O–H groups in total. The van der Waals surface area contributed by atoms with Gasteiger partial charge in [-0.05, 0) is 41.3 Å². The topological polar surface area (TPSA) is 22.1 Å². The normalized spacial score (nSPS) is 9.86. The summed E-state index contributed by atoms with van der Waals surface area (Å²) in [6.45, 7) is 6.36. The van der Waals surface area contributed by atoms with Crippen molar-refractivity contribution in [3.05, 3.63) is 35.0 Å². The summed E-state index contributed by atoms with van der Waals surface area (Å²) in [5, 5.41) is 0. The molecule has 0 spiro atoms. The first-order valence-corrected chi connectivity index (χ1v) is 5.39. The van der Waals surface area contributed by atoms with Gasteiger partial charge >= 0.3 is 0 Å². The van der Waals surface area contributed by atoms with E-state index in [1.807, 2.05) is 19.1 Å². The van der Waals surface area contributed by atoms with Crippen molar-refractivity contribution in [1.82, 2.24) is 4.98 Å². The summed E-state index contributed by atoms with van der Waals surface area (Å²) in [6.07, 6.45) is 5.62. The average molecular weight is 256 g/mol. The number of ether oxygens (including phenoxy) is 1. The Labute approximate surface area is 93.1 Å². The molecule has 2 nitrogen and oxygen atoms in total. The van der Waals surface area contributed by atoms with E-state index in [-0.39, 0.29) is 0 Å². The number of nitrogens with zero attached hydrogens (tertiary/aromatic N) is 1. The van der Waals surface area contributed by atoms with Gasteiger partial charge in [0.25, 0.3) is 0 Å². The second kappa shape index (κ2) is 5.81. The molecule has 76 valence electrons. The quantitative estimate of drug-likeness (QED) is 0.594. The Hall–Kier alpha value is -0.830. The van der Waals surface area contributed by atoms with Crippen LogP contribution in [0, 0.1) is 6.92 Å². The lowest BCUT2D eigenvalue weighted by Gasteiger charge is -2.05. The van der Waals surface area contributed by atoms with Gasteiger partial charge in [0.15, 0.2) is 0 Å². The number of allylic oxidation sites excluding steroid dienone is 1. The molecule has 0 bridgehead atoms. The minimum absolute atomic E-state index is 0.690. The van der Waals surface area contributed by atoms with Gasteiger partial charge in [-0.3, -0.25) is 0 Å². The Morgan fingerprint density at radius 2 is 2.43 bits per heavy atom. The van der Waals surface area contributed by atoms with Crippen molar-refractivity contribution in [2.45, 2.75) is 19.8 Å². The molecule has 14 heavy (non-hydrogen) atoms. The Balaban J connectivity index is 2.43. The zero-order chi connectivity index (χ0) is 10.4. The van der Waals surface area contributed by atoms with Crippen molar-refractivity contribution in [2.24, 2.45) is 0 Å². The summed E-state index contributed by atoms with van der Waals surface area (Å²) >= 11 is 3.39. The van der Waals surface area contributed by atoms with E-state index in [1.54, 1.807) is 6.20 Å². The van der Waals surface area contributed by atoms with E-state index in [4.69, 9.17) is 4.74 Å². The van der Waals surface area contributed by atoms with Gasteiger partial charge in [0.1, 0.15) is 0 Å². The smallest absolute Gasteiger partial charge is 0.213 e. The second-order valence-corrected chi connectivity index (χ2v) is 3.91. The van der Waals surface area contributed by atoms with Crippen LogP contribution in [-0.2, 0) is 0 Å². The van der Waals surface area contributed by atoms with Gasteiger partial charge in [-0.25, -0.2) is 4.98 Å². The van der Waals surface area contributed by atoms with Crippen molar-refractivity contribution in [1.29, 1.82) is 0 Å². The van der Waals surface area contributed by atoms with E-state index < -0.39 is 0 Å². The first kappa shape index (κ1) is 11.2. The number of aromatic nitrogens is 1. The van der Waals surface area contributed by atoms with Crippen LogP contribution in [-0.4, -0.2) is 11.6 Å². The van der Waals surface area contributed by atoms with Gasteiger partial charge in [0, 0.05) is 16.7 Å². The molecule has 0 radical (unpaired) electrons. The molecule has 0 saturated carbocycles. The fraction of sp³-hybridized carbons (Fsp3) is 0.364. The highest BCUT2D eigenvalue weighted by Crippen LogP contribution is 2.18. The maximum atomic E-state index is 5.46. The molecule has 0 unspecified atom stereocenters. The van der Waals surface area contributed by atoms with Gasteiger partial charge in [-0.15, -0.1) is 6.58 Å². The predicted molar refractivity (Wildman–Crippen MR) is 61.6 cm³/mol. The molecule has 0 amide bonds. The zero-order valence-electron chi connectivity index (χ0n) is 8.29. The summed E-state index contributed by atoms with van der Waals surface area (Å²) < 4.78 is 6.47. The number of rotatable bonds is 5. The lowest BCUT2D eigenvalue weighted by Crippen LogP contribution is -1.98. The molecular formula is C11H14BrNO. The molecule has 0 saturated heterocycles. The minimum Gasteiger partial charge on any atom is -0.478 e. The molecule has 0 aliphatic heterocycles. The number of hydrogen-bond acceptors (Lipinski definition) is 2. The molecule has 1 aromatic heterocycles. The fourth-order valence-electron chi connectivity index (χ4n) is 0.997. The number of aryl methyl sites for hydroxylation is 1. The van der Waals surface area contributed by atoms with Crippen LogP contribution in [0.5, 0.6) is 5.88 Å². The van der Waals surface area contributed by atoms with E-state index in [0.717, 1.165) is 22.9 Å². The SMILES string of the molecule is C=CCCCOc1cc(C)c(Br)cn1. The fourth-order valence-corrected chi connectivity index (χ4v) is 1.21. The molecule has 0 aliphatic rings. The molecule has 3 heteroatoms. The van der Waals surface area contributed by atoms with Crippen LogP contribution in [0.25, 0.3) is 0 Å². The van der Waals surface area contributed by atoms with Crippen LogP contribution in [0.1, 0.15) is 18.4 Å². The molecule has 0 aromatic carbocycles. The van der Waals surface area contributed by atoms with Crippen LogP contribution in [0.4, 0.5) is 0 Å². The third-order valence-corrected chi connectivity index (χ3v) is 2.65. The Kier molecular flexibility index (Phi) is 4.66. The Bertz CT molecular complexity index is 312. The first-order chi connectivity index (χ1) is 6.74. The van der Waals surface area contributed by atoms with Crippen LogP contribution in [0.3, 0.4) is 0 Å².